The molecule has 0 fully saturated rings. The highest BCUT2D eigenvalue weighted by Gasteiger charge is 2.18. The number of nitro benzene ring substituents is 1. The van der Waals surface area contributed by atoms with Crippen LogP contribution in [0.15, 0.2) is 42.5 Å². The fourth-order valence-electron chi connectivity index (χ4n) is 2.31. The summed E-state index contributed by atoms with van der Waals surface area (Å²) in [7, 11) is 0. The summed E-state index contributed by atoms with van der Waals surface area (Å²) in [5.41, 5.74) is 0.357. The van der Waals surface area contributed by atoms with Crippen LogP contribution < -0.4 is 5.32 Å². The summed E-state index contributed by atoms with van der Waals surface area (Å²) >= 11 is 1.34. The van der Waals surface area contributed by atoms with Crippen molar-refractivity contribution in [2.75, 3.05) is 5.32 Å². The number of amides is 1. The predicted octanol–water partition coefficient (Wildman–Crippen LogP) is 4.51. The first-order valence-corrected chi connectivity index (χ1v) is 7.52. The maximum absolute atomic E-state index is 13.3. The van der Waals surface area contributed by atoms with Gasteiger partial charge in [0, 0.05) is 16.5 Å². The highest BCUT2D eigenvalue weighted by atomic mass is 32.1. The van der Waals surface area contributed by atoms with Crippen molar-refractivity contribution in [1.29, 1.82) is 0 Å². The smallest absolute Gasteiger partial charge is 0.306 e. The summed E-state index contributed by atoms with van der Waals surface area (Å²) in [6.07, 6.45) is 0. The minimum Gasteiger partial charge on any atom is -0.321 e. The lowest BCUT2D eigenvalue weighted by Crippen LogP contribution is -2.11. The minimum atomic E-state index is -0.939. The van der Waals surface area contributed by atoms with Crippen LogP contribution in [0.2, 0.25) is 0 Å². The van der Waals surface area contributed by atoms with Crippen LogP contribution in [0.25, 0.3) is 10.1 Å². The fourth-order valence-corrected chi connectivity index (χ4v) is 3.41. The number of carbonyl (C=O) groups is 1. The number of rotatable bonds is 3. The highest BCUT2D eigenvalue weighted by Crippen LogP contribution is 2.31. The highest BCUT2D eigenvalue weighted by molar-refractivity contribution is 7.21. The Labute approximate surface area is 134 Å². The molecule has 2 aromatic carbocycles. The van der Waals surface area contributed by atoms with Crippen molar-refractivity contribution >= 4 is 38.7 Å². The van der Waals surface area contributed by atoms with E-state index in [0.717, 1.165) is 27.8 Å². The third-order valence-electron chi connectivity index (χ3n) is 3.45. The number of fused-ring (bicyclic) bond motifs is 1. The SMILES string of the molecule is Cc1c(C(=O)Nc2ccc(F)c([N+](=O)[O-])c2)sc2ccccc12. The van der Waals surface area contributed by atoms with Crippen LogP contribution in [0.4, 0.5) is 15.8 Å². The second-order valence-electron chi connectivity index (χ2n) is 4.93. The molecule has 23 heavy (non-hydrogen) atoms. The molecule has 1 amide bonds. The minimum absolute atomic E-state index is 0.181. The van der Waals surface area contributed by atoms with E-state index in [9.17, 15) is 19.3 Å². The van der Waals surface area contributed by atoms with Gasteiger partial charge >= 0.3 is 5.69 Å². The normalized spacial score (nSPS) is 10.7. The number of carbonyl (C=O) groups excluding carboxylic acids is 1. The molecule has 0 aliphatic heterocycles. The molecule has 0 unspecified atom stereocenters. The molecule has 7 heteroatoms. The van der Waals surface area contributed by atoms with Gasteiger partial charge in [-0.15, -0.1) is 11.3 Å². The molecule has 116 valence electrons. The molecule has 0 aliphatic carbocycles. The fraction of sp³-hybridized carbons (Fsp3) is 0.0625. The summed E-state index contributed by atoms with van der Waals surface area (Å²) in [6, 6.07) is 10.9. The summed E-state index contributed by atoms with van der Waals surface area (Å²) in [4.78, 5) is 22.9. The van der Waals surface area contributed by atoms with Gasteiger partial charge in [0.15, 0.2) is 0 Å². The third-order valence-corrected chi connectivity index (χ3v) is 4.72. The van der Waals surface area contributed by atoms with Crippen LogP contribution >= 0.6 is 11.3 Å². The first-order chi connectivity index (χ1) is 11.0. The van der Waals surface area contributed by atoms with Crippen LogP contribution in [0.5, 0.6) is 0 Å². The monoisotopic (exact) mass is 330 g/mol. The van der Waals surface area contributed by atoms with E-state index in [2.05, 4.69) is 5.32 Å². The van der Waals surface area contributed by atoms with Crippen molar-refractivity contribution in [2.45, 2.75) is 6.92 Å². The van der Waals surface area contributed by atoms with Gasteiger partial charge in [0.25, 0.3) is 5.91 Å². The van der Waals surface area contributed by atoms with Gasteiger partial charge in [0.05, 0.1) is 9.80 Å². The largest absolute Gasteiger partial charge is 0.321 e. The molecule has 5 nitrogen and oxygen atoms in total. The number of anilines is 1. The standard InChI is InChI=1S/C16H11FN2O3S/c1-9-11-4-2-3-5-14(11)23-15(9)16(20)18-10-6-7-12(17)13(8-10)19(21)22/h2-8H,1H3,(H,18,20). The lowest BCUT2D eigenvalue weighted by Gasteiger charge is -2.05. The molecule has 0 bridgehead atoms. The average Bonchev–Trinajstić information content (AvgIpc) is 2.86. The molecule has 1 N–H and O–H groups in total. The van der Waals surface area contributed by atoms with E-state index in [1.807, 2.05) is 31.2 Å². The van der Waals surface area contributed by atoms with Gasteiger partial charge in [0.1, 0.15) is 0 Å². The zero-order chi connectivity index (χ0) is 16.6. The van der Waals surface area contributed by atoms with Gasteiger partial charge in [-0.2, -0.15) is 4.39 Å². The van der Waals surface area contributed by atoms with Crippen molar-refractivity contribution in [1.82, 2.24) is 0 Å². The zero-order valence-corrected chi connectivity index (χ0v) is 12.8. The summed E-state index contributed by atoms with van der Waals surface area (Å²) in [6.45, 7) is 1.85. The first-order valence-electron chi connectivity index (χ1n) is 6.71. The molecule has 0 aliphatic rings. The van der Waals surface area contributed by atoms with Crippen molar-refractivity contribution < 1.29 is 14.1 Å². The van der Waals surface area contributed by atoms with E-state index in [-0.39, 0.29) is 11.6 Å². The molecular formula is C16H11FN2O3S. The Bertz CT molecular complexity index is 936. The molecule has 1 heterocycles. The summed E-state index contributed by atoms with van der Waals surface area (Å²) < 4.78 is 14.3. The maximum Gasteiger partial charge on any atom is 0.306 e. The summed E-state index contributed by atoms with van der Waals surface area (Å²) in [5.74, 6) is -1.31. The lowest BCUT2D eigenvalue weighted by atomic mass is 10.1. The van der Waals surface area contributed by atoms with Crippen molar-refractivity contribution in [2.24, 2.45) is 0 Å². The Morgan fingerprint density at radius 3 is 2.70 bits per heavy atom. The van der Waals surface area contributed by atoms with E-state index in [1.54, 1.807) is 0 Å². The molecular weight excluding hydrogens is 319 g/mol. The number of benzene rings is 2. The Morgan fingerprint density at radius 2 is 2.00 bits per heavy atom. The van der Waals surface area contributed by atoms with Gasteiger partial charge in [-0.1, -0.05) is 18.2 Å². The number of nitrogens with zero attached hydrogens (tertiary/aromatic N) is 1. The number of hydrogen-bond acceptors (Lipinski definition) is 4. The van der Waals surface area contributed by atoms with Crippen LogP contribution in [-0.2, 0) is 0 Å². The Morgan fingerprint density at radius 1 is 1.26 bits per heavy atom. The van der Waals surface area contributed by atoms with Crippen molar-refractivity contribution in [3.05, 3.63) is 68.8 Å². The topological polar surface area (TPSA) is 72.2 Å². The molecule has 0 saturated carbocycles. The molecule has 1 aromatic heterocycles. The van der Waals surface area contributed by atoms with Gasteiger partial charge < -0.3 is 5.32 Å². The number of nitro groups is 1. The summed E-state index contributed by atoms with van der Waals surface area (Å²) in [5, 5.41) is 14.3. The Kier molecular flexibility index (Phi) is 3.79. The molecule has 0 radical (unpaired) electrons. The Hall–Kier alpha value is -2.80. The van der Waals surface area contributed by atoms with E-state index in [0.29, 0.717) is 4.88 Å². The number of aryl methyl sites for hydroxylation is 1. The van der Waals surface area contributed by atoms with E-state index >= 15 is 0 Å². The lowest BCUT2D eigenvalue weighted by molar-refractivity contribution is -0.387. The maximum atomic E-state index is 13.3. The van der Waals surface area contributed by atoms with Gasteiger partial charge in [-0.05, 0) is 36.1 Å². The average molecular weight is 330 g/mol. The van der Waals surface area contributed by atoms with E-state index in [4.69, 9.17) is 0 Å². The molecule has 3 aromatic rings. The molecule has 0 saturated heterocycles. The van der Waals surface area contributed by atoms with Crippen molar-refractivity contribution in [3.8, 4) is 0 Å². The second-order valence-corrected chi connectivity index (χ2v) is 5.98. The third kappa shape index (κ3) is 2.78. The first kappa shape index (κ1) is 15.1. The van der Waals surface area contributed by atoms with Gasteiger partial charge in [0.2, 0.25) is 5.82 Å². The quantitative estimate of drug-likeness (QED) is 0.567. The molecule has 0 atom stereocenters. The van der Waals surface area contributed by atoms with Crippen LogP contribution in [0, 0.1) is 22.9 Å². The number of nitrogens with one attached hydrogen (secondary N) is 1. The predicted molar refractivity (Wildman–Crippen MR) is 87.6 cm³/mol. The zero-order valence-electron chi connectivity index (χ0n) is 12.0. The second kappa shape index (κ2) is 5.77. The molecule has 3 rings (SSSR count). The molecule has 0 spiro atoms. The van der Waals surface area contributed by atoms with Crippen LogP contribution in [0.3, 0.4) is 0 Å². The van der Waals surface area contributed by atoms with Crippen molar-refractivity contribution in [3.63, 3.8) is 0 Å². The van der Waals surface area contributed by atoms with Gasteiger partial charge in [-0.3, -0.25) is 14.9 Å². The number of hydrogen-bond donors (Lipinski definition) is 1. The Balaban J connectivity index is 1.93. The number of halogens is 1. The number of thiophene rings is 1. The van der Waals surface area contributed by atoms with Crippen LogP contribution in [-0.4, -0.2) is 10.8 Å². The van der Waals surface area contributed by atoms with Crippen LogP contribution in [0.1, 0.15) is 15.2 Å². The van der Waals surface area contributed by atoms with E-state index in [1.165, 1.54) is 17.4 Å². The van der Waals surface area contributed by atoms with E-state index < -0.39 is 16.4 Å². The van der Waals surface area contributed by atoms with Gasteiger partial charge in [-0.25, -0.2) is 0 Å².